The molecule has 0 aromatic heterocycles. The van der Waals surface area contributed by atoms with Gasteiger partial charge in [0.2, 0.25) is 0 Å². The lowest BCUT2D eigenvalue weighted by atomic mass is 9.97. The molecule has 1 aliphatic rings. The molecule has 1 fully saturated rings. The highest BCUT2D eigenvalue weighted by atomic mass is 32.2. The van der Waals surface area contributed by atoms with E-state index < -0.39 is 21.1 Å². The second-order valence-electron chi connectivity index (χ2n) is 5.34. The Hall–Kier alpha value is -0.940. The number of hydrogen-bond acceptors (Lipinski definition) is 3. The van der Waals surface area contributed by atoms with Crippen LogP contribution in [0.4, 0.5) is 4.39 Å². The second kappa shape index (κ2) is 5.59. The lowest BCUT2D eigenvalue weighted by Gasteiger charge is -2.27. The first-order valence-electron chi connectivity index (χ1n) is 6.62. The Kier molecular flexibility index (Phi) is 4.26. The maximum absolute atomic E-state index is 13.0. The summed E-state index contributed by atoms with van der Waals surface area (Å²) in [5.41, 5.74) is 7.84. The van der Waals surface area contributed by atoms with Crippen molar-refractivity contribution in [1.82, 2.24) is 0 Å². The van der Waals surface area contributed by atoms with E-state index in [-0.39, 0.29) is 11.6 Å². The van der Waals surface area contributed by atoms with Gasteiger partial charge < -0.3 is 5.73 Å². The summed E-state index contributed by atoms with van der Waals surface area (Å²) in [7, 11) is -3.06. The number of halogens is 1. The van der Waals surface area contributed by atoms with Crippen molar-refractivity contribution in [2.24, 2.45) is 5.73 Å². The molecule has 0 aliphatic carbocycles. The maximum Gasteiger partial charge on any atom is 0.154 e. The molecular weight excluding hydrogens is 265 g/mol. The van der Waals surface area contributed by atoms with Crippen LogP contribution in [-0.4, -0.2) is 25.5 Å². The zero-order valence-corrected chi connectivity index (χ0v) is 11.9. The highest BCUT2D eigenvalue weighted by molar-refractivity contribution is 7.92. The Labute approximate surface area is 113 Å². The average molecular weight is 285 g/mol. The number of rotatable bonds is 3. The van der Waals surface area contributed by atoms with E-state index in [1.165, 1.54) is 12.1 Å². The molecule has 106 valence electrons. The molecular formula is C14H20FNO2S. The summed E-state index contributed by atoms with van der Waals surface area (Å²) in [6, 6.07) is 4.14. The smallest absolute Gasteiger partial charge is 0.154 e. The van der Waals surface area contributed by atoms with Crippen molar-refractivity contribution in [3.05, 3.63) is 35.1 Å². The van der Waals surface area contributed by atoms with Crippen molar-refractivity contribution in [2.45, 2.75) is 43.9 Å². The molecule has 1 saturated heterocycles. The molecule has 0 radical (unpaired) electrons. The van der Waals surface area contributed by atoms with Gasteiger partial charge in [-0.05, 0) is 49.4 Å². The molecule has 2 unspecified atom stereocenters. The molecule has 1 heterocycles. The minimum absolute atomic E-state index is 0.244. The van der Waals surface area contributed by atoms with Gasteiger partial charge >= 0.3 is 0 Å². The van der Waals surface area contributed by atoms with Crippen LogP contribution in [0, 0.1) is 12.7 Å². The van der Waals surface area contributed by atoms with Crippen LogP contribution in [0.25, 0.3) is 0 Å². The van der Waals surface area contributed by atoms with Gasteiger partial charge in [-0.15, -0.1) is 0 Å². The summed E-state index contributed by atoms with van der Waals surface area (Å²) in [4.78, 5) is 0. The first-order valence-corrected chi connectivity index (χ1v) is 8.34. The summed E-state index contributed by atoms with van der Waals surface area (Å²) in [6.07, 6.45) is 2.78. The second-order valence-corrected chi connectivity index (χ2v) is 7.68. The van der Waals surface area contributed by atoms with Crippen molar-refractivity contribution in [3.63, 3.8) is 0 Å². The van der Waals surface area contributed by atoms with Crippen molar-refractivity contribution in [2.75, 3.05) is 5.75 Å². The highest BCUT2D eigenvalue weighted by Crippen LogP contribution is 2.24. The van der Waals surface area contributed by atoms with E-state index >= 15 is 0 Å². The van der Waals surface area contributed by atoms with Gasteiger partial charge in [-0.3, -0.25) is 0 Å². The van der Waals surface area contributed by atoms with Gasteiger partial charge in [-0.25, -0.2) is 12.8 Å². The van der Waals surface area contributed by atoms with E-state index in [1.54, 1.807) is 6.07 Å². The summed E-state index contributed by atoms with van der Waals surface area (Å²) in [5.74, 6) is -0.0339. The fourth-order valence-corrected chi connectivity index (χ4v) is 4.80. The Morgan fingerprint density at radius 1 is 1.42 bits per heavy atom. The molecule has 2 rings (SSSR count). The normalized spacial score (nSPS) is 24.1. The Morgan fingerprint density at radius 3 is 2.79 bits per heavy atom. The van der Waals surface area contributed by atoms with Gasteiger partial charge in [0.05, 0.1) is 11.0 Å². The van der Waals surface area contributed by atoms with E-state index in [1.807, 2.05) is 6.92 Å². The molecule has 0 saturated carbocycles. The number of aryl methyl sites for hydroxylation is 1. The third-order valence-corrected chi connectivity index (χ3v) is 6.23. The number of sulfone groups is 1. The van der Waals surface area contributed by atoms with Gasteiger partial charge in [-0.1, -0.05) is 12.5 Å². The molecule has 0 amide bonds. The molecule has 1 aliphatic heterocycles. The maximum atomic E-state index is 13.0. The minimum Gasteiger partial charge on any atom is -0.326 e. The first kappa shape index (κ1) is 14.5. The summed E-state index contributed by atoms with van der Waals surface area (Å²) in [6.45, 7) is 1.82. The Bertz CT molecular complexity index is 557. The predicted octanol–water partition coefficient (Wildman–Crippen LogP) is 1.97. The van der Waals surface area contributed by atoms with Crippen molar-refractivity contribution >= 4 is 9.84 Å². The van der Waals surface area contributed by atoms with E-state index in [2.05, 4.69) is 0 Å². The molecule has 3 nitrogen and oxygen atoms in total. The molecule has 0 spiro atoms. The molecule has 5 heteroatoms. The quantitative estimate of drug-likeness (QED) is 0.923. The highest BCUT2D eigenvalue weighted by Gasteiger charge is 2.33. The lowest BCUT2D eigenvalue weighted by Crippen LogP contribution is -2.45. The topological polar surface area (TPSA) is 60.2 Å². The molecule has 0 bridgehead atoms. The first-order chi connectivity index (χ1) is 8.90. The van der Waals surface area contributed by atoms with Gasteiger partial charge in [0.1, 0.15) is 5.82 Å². The lowest BCUT2D eigenvalue weighted by molar-refractivity contribution is 0.494. The minimum atomic E-state index is -3.06. The van der Waals surface area contributed by atoms with E-state index in [9.17, 15) is 12.8 Å². The fraction of sp³-hybridized carbons (Fsp3) is 0.571. The van der Waals surface area contributed by atoms with Gasteiger partial charge in [0.15, 0.2) is 9.84 Å². The number of nitrogens with two attached hydrogens (primary N) is 1. The van der Waals surface area contributed by atoms with E-state index in [0.29, 0.717) is 12.8 Å². The van der Waals surface area contributed by atoms with Crippen LogP contribution in [0.5, 0.6) is 0 Å². The van der Waals surface area contributed by atoms with Gasteiger partial charge in [-0.2, -0.15) is 0 Å². The van der Waals surface area contributed by atoms with Crippen LogP contribution in [0.2, 0.25) is 0 Å². The summed E-state index contributed by atoms with van der Waals surface area (Å²) in [5, 5.41) is -0.453. The van der Waals surface area contributed by atoms with Crippen molar-refractivity contribution < 1.29 is 12.8 Å². The van der Waals surface area contributed by atoms with Crippen LogP contribution >= 0.6 is 0 Å². The third kappa shape index (κ3) is 3.34. The van der Waals surface area contributed by atoms with E-state index in [4.69, 9.17) is 5.73 Å². The Balaban J connectivity index is 2.14. The van der Waals surface area contributed by atoms with Crippen LogP contribution in [0.1, 0.15) is 30.4 Å². The van der Waals surface area contributed by atoms with Gasteiger partial charge in [0, 0.05) is 6.04 Å². The molecule has 2 N–H and O–H groups in total. The zero-order valence-electron chi connectivity index (χ0n) is 11.1. The summed E-state index contributed by atoms with van der Waals surface area (Å²) >= 11 is 0. The molecule has 1 aromatic carbocycles. The van der Waals surface area contributed by atoms with Crippen LogP contribution in [0.15, 0.2) is 18.2 Å². The Morgan fingerprint density at radius 2 is 2.16 bits per heavy atom. The summed E-state index contributed by atoms with van der Waals surface area (Å²) < 4.78 is 37.1. The number of hydrogen-bond donors (Lipinski definition) is 1. The average Bonchev–Trinajstić information content (AvgIpc) is 2.32. The SMILES string of the molecule is Cc1cc(F)ccc1CC(N)C1CCCCS1(=O)=O. The van der Waals surface area contributed by atoms with E-state index in [0.717, 1.165) is 24.0 Å². The van der Waals surface area contributed by atoms with Crippen LogP contribution in [-0.2, 0) is 16.3 Å². The zero-order chi connectivity index (χ0) is 14.0. The van der Waals surface area contributed by atoms with Crippen LogP contribution < -0.4 is 5.73 Å². The molecule has 19 heavy (non-hydrogen) atoms. The van der Waals surface area contributed by atoms with Crippen molar-refractivity contribution in [1.29, 1.82) is 0 Å². The molecule has 1 aromatic rings. The number of benzene rings is 1. The third-order valence-electron chi connectivity index (χ3n) is 3.87. The van der Waals surface area contributed by atoms with Crippen LogP contribution in [0.3, 0.4) is 0 Å². The van der Waals surface area contributed by atoms with Gasteiger partial charge in [0.25, 0.3) is 0 Å². The monoisotopic (exact) mass is 285 g/mol. The van der Waals surface area contributed by atoms with Crippen molar-refractivity contribution in [3.8, 4) is 0 Å². The standard InChI is InChI=1S/C14H20FNO2S/c1-10-8-12(15)6-5-11(10)9-13(16)14-4-2-3-7-19(14,17)18/h5-6,8,13-14H,2-4,7,9,16H2,1H3. The fourth-order valence-electron chi connectivity index (χ4n) is 2.73. The largest absolute Gasteiger partial charge is 0.326 e. The molecule has 2 atom stereocenters. The predicted molar refractivity (Wildman–Crippen MR) is 74.2 cm³/mol.